The van der Waals surface area contributed by atoms with E-state index < -0.39 is 0 Å². The smallest absolute Gasteiger partial charge is 0.274 e. The van der Waals surface area contributed by atoms with Crippen molar-refractivity contribution in [3.05, 3.63) is 46.5 Å². The molecule has 0 aromatic carbocycles. The fourth-order valence-corrected chi connectivity index (χ4v) is 4.41. The first kappa shape index (κ1) is 20.5. The van der Waals surface area contributed by atoms with Gasteiger partial charge >= 0.3 is 0 Å². The highest BCUT2D eigenvalue weighted by Gasteiger charge is 2.26. The van der Waals surface area contributed by atoms with Gasteiger partial charge in [0, 0.05) is 31.4 Å². The molecule has 0 spiro atoms. The number of fused-ring (bicyclic) bond motifs is 1. The van der Waals surface area contributed by atoms with E-state index in [0.29, 0.717) is 28.5 Å². The summed E-state index contributed by atoms with van der Waals surface area (Å²) >= 11 is 0. The molecule has 9 nitrogen and oxygen atoms in total. The monoisotopic (exact) mass is 435 g/mol. The van der Waals surface area contributed by atoms with Gasteiger partial charge in [0.05, 0.1) is 6.20 Å². The molecular weight excluding hydrogens is 406 g/mol. The molecule has 2 aliphatic carbocycles. The van der Waals surface area contributed by atoms with Gasteiger partial charge in [-0.15, -0.1) is 0 Å². The highest BCUT2D eigenvalue weighted by molar-refractivity contribution is 6.00. The summed E-state index contributed by atoms with van der Waals surface area (Å²) in [4.78, 5) is 30.5. The van der Waals surface area contributed by atoms with E-state index in [1.165, 1.54) is 6.20 Å². The van der Waals surface area contributed by atoms with E-state index in [4.69, 9.17) is 0 Å². The number of hydrogen-bond acceptors (Lipinski definition) is 6. The van der Waals surface area contributed by atoms with Crippen LogP contribution in [0.4, 0.5) is 17.3 Å². The highest BCUT2D eigenvalue weighted by atomic mass is 16.2. The lowest BCUT2D eigenvalue weighted by Crippen LogP contribution is -2.28. The third kappa shape index (κ3) is 3.94. The van der Waals surface area contributed by atoms with Crippen molar-refractivity contribution in [1.29, 1.82) is 0 Å². The zero-order chi connectivity index (χ0) is 22.2. The van der Waals surface area contributed by atoms with E-state index in [9.17, 15) is 9.59 Å². The SMILES string of the molecule is CNc1cc(Nc2cccn(C3CCC(C)CC3)c2=O)nc2c(C(=O)NC3CC3)cnn12. The summed E-state index contributed by atoms with van der Waals surface area (Å²) in [5.74, 6) is 1.69. The zero-order valence-corrected chi connectivity index (χ0v) is 18.5. The molecule has 0 unspecified atom stereocenters. The molecule has 1 amide bonds. The second-order valence-electron chi connectivity index (χ2n) is 8.99. The minimum absolute atomic E-state index is 0.0556. The number of pyridine rings is 1. The number of rotatable bonds is 6. The molecule has 2 aliphatic rings. The van der Waals surface area contributed by atoms with Crippen molar-refractivity contribution in [2.75, 3.05) is 17.7 Å². The average Bonchev–Trinajstić information content (AvgIpc) is 3.50. The van der Waals surface area contributed by atoms with Gasteiger partial charge in [-0.3, -0.25) is 9.59 Å². The molecular formula is C23H29N7O2. The Morgan fingerprint density at radius 1 is 1.16 bits per heavy atom. The van der Waals surface area contributed by atoms with Crippen LogP contribution in [-0.2, 0) is 0 Å². The normalized spacial score (nSPS) is 20.8. The van der Waals surface area contributed by atoms with Gasteiger partial charge < -0.3 is 20.5 Å². The van der Waals surface area contributed by atoms with Crippen LogP contribution in [0.2, 0.25) is 0 Å². The van der Waals surface area contributed by atoms with Crippen LogP contribution in [0.1, 0.15) is 61.8 Å². The van der Waals surface area contributed by atoms with Crippen LogP contribution < -0.4 is 21.5 Å². The number of amides is 1. The molecule has 0 bridgehead atoms. The van der Waals surface area contributed by atoms with Crippen molar-refractivity contribution in [1.82, 2.24) is 24.5 Å². The topological polar surface area (TPSA) is 105 Å². The van der Waals surface area contributed by atoms with Gasteiger partial charge in [0.1, 0.15) is 22.9 Å². The summed E-state index contributed by atoms with van der Waals surface area (Å²) in [6, 6.07) is 5.92. The lowest BCUT2D eigenvalue weighted by molar-refractivity contribution is 0.0952. The Morgan fingerprint density at radius 2 is 1.94 bits per heavy atom. The van der Waals surface area contributed by atoms with Gasteiger partial charge in [-0.05, 0) is 56.6 Å². The molecule has 0 radical (unpaired) electrons. The van der Waals surface area contributed by atoms with Crippen molar-refractivity contribution in [3.8, 4) is 0 Å². The second-order valence-corrected chi connectivity index (χ2v) is 8.99. The Kier molecular flexibility index (Phi) is 5.32. The van der Waals surface area contributed by atoms with Crippen molar-refractivity contribution < 1.29 is 4.79 Å². The third-order valence-electron chi connectivity index (χ3n) is 6.50. The van der Waals surface area contributed by atoms with Crippen LogP contribution in [0, 0.1) is 5.92 Å². The maximum Gasteiger partial charge on any atom is 0.274 e. The highest BCUT2D eigenvalue weighted by Crippen LogP contribution is 2.31. The Balaban J connectivity index is 1.47. The molecule has 0 atom stereocenters. The molecule has 9 heteroatoms. The Bertz CT molecular complexity index is 1200. The number of nitrogens with zero attached hydrogens (tertiary/aromatic N) is 4. The zero-order valence-electron chi connectivity index (χ0n) is 18.5. The predicted octanol–water partition coefficient (Wildman–Crippen LogP) is 3.32. The van der Waals surface area contributed by atoms with Crippen LogP contribution in [0.3, 0.4) is 0 Å². The lowest BCUT2D eigenvalue weighted by atomic mass is 9.87. The van der Waals surface area contributed by atoms with E-state index in [0.717, 1.165) is 44.4 Å². The van der Waals surface area contributed by atoms with Gasteiger partial charge in [0.25, 0.3) is 11.5 Å². The summed E-state index contributed by atoms with van der Waals surface area (Å²) < 4.78 is 3.44. The summed E-state index contributed by atoms with van der Waals surface area (Å²) in [5, 5.41) is 13.6. The van der Waals surface area contributed by atoms with E-state index in [1.54, 1.807) is 23.7 Å². The predicted molar refractivity (Wildman–Crippen MR) is 124 cm³/mol. The first-order valence-corrected chi connectivity index (χ1v) is 11.4. The number of nitrogens with one attached hydrogen (secondary N) is 3. The molecule has 3 N–H and O–H groups in total. The van der Waals surface area contributed by atoms with Crippen LogP contribution in [0.5, 0.6) is 0 Å². The van der Waals surface area contributed by atoms with Crippen LogP contribution in [0.15, 0.2) is 35.4 Å². The Labute approximate surface area is 186 Å². The summed E-state index contributed by atoms with van der Waals surface area (Å²) in [6.45, 7) is 2.27. The number of carbonyl (C=O) groups excluding carboxylic acids is 1. The molecule has 3 aromatic rings. The van der Waals surface area contributed by atoms with Gasteiger partial charge in [-0.1, -0.05) is 6.92 Å². The molecule has 0 saturated heterocycles. The number of anilines is 3. The maximum atomic E-state index is 13.2. The first-order valence-electron chi connectivity index (χ1n) is 11.4. The standard InChI is InChI=1S/C23H29N7O2/c1-14-5-9-16(10-6-14)29-11-3-4-18(23(29)32)27-19-12-20(24-2)30-21(28-19)17(13-25-30)22(31)26-15-7-8-15/h3-4,11-16,24H,5-10H2,1-2H3,(H,26,31)(H,27,28). The second kappa shape index (κ2) is 8.29. The Morgan fingerprint density at radius 3 is 2.66 bits per heavy atom. The van der Waals surface area contributed by atoms with Crippen molar-refractivity contribution >= 4 is 28.9 Å². The van der Waals surface area contributed by atoms with Crippen molar-refractivity contribution in [3.63, 3.8) is 0 Å². The van der Waals surface area contributed by atoms with E-state index in [2.05, 4.69) is 33.0 Å². The fourth-order valence-electron chi connectivity index (χ4n) is 4.41. The molecule has 3 aromatic heterocycles. The van der Waals surface area contributed by atoms with Gasteiger partial charge in [-0.25, -0.2) is 4.98 Å². The maximum absolute atomic E-state index is 13.2. The summed E-state index contributed by atoms with van der Waals surface area (Å²) in [5.41, 5.74) is 1.27. The van der Waals surface area contributed by atoms with Gasteiger partial charge in [0.2, 0.25) is 0 Å². The van der Waals surface area contributed by atoms with E-state index in [1.807, 2.05) is 16.8 Å². The van der Waals surface area contributed by atoms with Gasteiger partial charge in [0.15, 0.2) is 5.65 Å². The minimum Gasteiger partial charge on any atom is -0.373 e. The number of hydrogen-bond donors (Lipinski definition) is 3. The lowest BCUT2D eigenvalue weighted by Gasteiger charge is -2.28. The van der Waals surface area contributed by atoms with E-state index in [-0.39, 0.29) is 23.6 Å². The van der Waals surface area contributed by atoms with Crippen LogP contribution in [-0.4, -0.2) is 38.2 Å². The van der Waals surface area contributed by atoms with Gasteiger partial charge in [-0.2, -0.15) is 9.61 Å². The molecule has 2 saturated carbocycles. The molecule has 32 heavy (non-hydrogen) atoms. The number of carbonyl (C=O) groups is 1. The quantitative estimate of drug-likeness (QED) is 0.549. The van der Waals surface area contributed by atoms with Crippen molar-refractivity contribution in [2.45, 2.75) is 57.5 Å². The molecule has 3 heterocycles. The average molecular weight is 436 g/mol. The molecule has 5 rings (SSSR count). The summed E-state index contributed by atoms with van der Waals surface area (Å²) in [6.07, 6.45) is 9.75. The minimum atomic E-state index is -0.178. The van der Waals surface area contributed by atoms with Crippen molar-refractivity contribution in [2.24, 2.45) is 5.92 Å². The number of aromatic nitrogens is 4. The first-order chi connectivity index (χ1) is 15.5. The summed E-state index contributed by atoms with van der Waals surface area (Å²) in [7, 11) is 1.78. The molecule has 0 aliphatic heterocycles. The molecule has 168 valence electrons. The van der Waals surface area contributed by atoms with Crippen LogP contribution in [0.25, 0.3) is 5.65 Å². The largest absolute Gasteiger partial charge is 0.373 e. The van der Waals surface area contributed by atoms with E-state index >= 15 is 0 Å². The third-order valence-corrected chi connectivity index (χ3v) is 6.50. The molecule has 2 fully saturated rings. The Hall–Kier alpha value is -3.36. The van der Waals surface area contributed by atoms with Crippen LogP contribution >= 0.6 is 0 Å². The fraction of sp³-hybridized carbons (Fsp3) is 0.478.